The van der Waals surface area contributed by atoms with E-state index in [2.05, 4.69) is 15.5 Å². The predicted octanol–water partition coefficient (Wildman–Crippen LogP) is 4.33. The van der Waals surface area contributed by atoms with E-state index in [1.807, 2.05) is 31.2 Å². The van der Waals surface area contributed by atoms with Crippen molar-refractivity contribution in [3.05, 3.63) is 77.0 Å². The highest BCUT2D eigenvalue weighted by Crippen LogP contribution is 2.29. The van der Waals surface area contributed by atoms with Crippen molar-refractivity contribution in [2.24, 2.45) is 0 Å². The number of benzene rings is 2. The fourth-order valence-electron chi connectivity index (χ4n) is 2.53. The number of rotatable bonds is 4. The number of aryl methyl sites for hydroxylation is 1. The van der Waals surface area contributed by atoms with E-state index in [9.17, 15) is 18.0 Å². The summed E-state index contributed by atoms with van der Waals surface area (Å²) in [6.45, 7) is 1.95. The maximum absolute atomic E-state index is 12.8. The van der Waals surface area contributed by atoms with E-state index in [0.29, 0.717) is 16.8 Å². The van der Waals surface area contributed by atoms with Crippen molar-refractivity contribution in [1.29, 1.82) is 0 Å². The number of nitrogens with zero attached hydrogens (tertiary/aromatic N) is 1. The molecular formula is C19H16F3N3O. The first-order chi connectivity index (χ1) is 12.3. The van der Waals surface area contributed by atoms with Crippen molar-refractivity contribution in [2.45, 2.75) is 19.6 Å². The molecule has 4 nitrogen and oxygen atoms in total. The number of alkyl halides is 3. The summed E-state index contributed by atoms with van der Waals surface area (Å²) in [4.78, 5) is 12.4. The van der Waals surface area contributed by atoms with Crippen molar-refractivity contribution < 1.29 is 18.0 Å². The number of carbonyl (C=O) groups excluding carboxylic acids is 1. The first kappa shape index (κ1) is 17.7. The number of amides is 1. The lowest BCUT2D eigenvalue weighted by Crippen LogP contribution is -2.23. The number of H-pyrrole nitrogens is 1. The van der Waals surface area contributed by atoms with Crippen LogP contribution in [0.5, 0.6) is 0 Å². The summed E-state index contributed by atoms with van der Waals surface area (Å²) in [5.74, 6) is -0.410. The van der Waals surface area contributed by atoms with Gasteiger partial charge >= 0.3 is 6.18 Å². The Bertz CT molecular complexity index is 914. The smallest absolute Gasteiger partial charge is 0.348 e. The van der Waals surface area contributed by atoms with Crippen LogP contribution in [0.3, 0.4) is 0 Å². The van der Waals surface area contributed by atoms with Gasteiger partial charge in [0.15, 0.2) is 0 Å². The molecule has 26 heavy (non-hydrogen) atoms. The molecule has 7 heteroatoms. The molecule has 0 spiro atoms. The van der Waals surface area contributed by atoms with E-state index >= 15 is 0 Å². The molecular weight excluding hydrogens is 343 g/mol. The molecule has 0 atom stereocenters. The molecule has 0 saturated carbocycles. The second-order valence-electron chi connectivity index (χ2n) is 5.91. The first-order valence-electron chi connectivity index (χ1n) is 7.89. The van der Waals surface area contributed by atoms with Crippen molar-refractivity contribution in [2.75, 3.05) is 0 Å². The molecule has 0 radical (unpaired) electrons. The molecule has 0 aliphatic heterocycles. The lowest BCUT2D eigenvalue weighted by molar-refractivity contribution is -0.137. The summed E-state index contributed by atoms with van der Waals surface area (Å²) < 4.78 is 38.3. The lowest BCUT2D eigenvalue weighted by Gasteiger charge is -2.10. The van der Waals surface area contributed by atoms with Gasteiger partial charge in [-0.25, -0.2) is 0 Å². The summed E-state index contributed by atoms with van der Waals surface area (Å²) in [6.07, 6.45) is -3.01. The molecule has 2 aromatic carbocycles. The number of aromatic nitrogens is 2. The molecule has 0 saturated heterocycles. The van der Waals surface area contributed by atoms with Gasteiger partial charge < -0.3 is 5.32 Å². The average molecular weight is 359 g/mol. The molecule has 0 fully saturated rings. The largest absolute Gasteiger partial charge is 0.416 e. The zero-order valence-electron chi connectivity index (χ0n) is 13.9. The van der Waals surface area contributed by atoms with E-state index in [4.69, 9.17) is 0 Å². The van der Waals surface area contributed by atoms with E-state index in [1.54, 1.807) is 0 Å². The average Bonchev–Trinajstić information content (AvgIpc) is 3.09. The van der Waals surface area contributed by atoms with E-state index < -0.39 is 17.6 Å². The summed E-state index contributed by atoms with van der Waals surface area (Å²) >= 11 is 0. The second-order valence-corrected chi connectivity index (χ2v) is 5.91. The van der Waals surface area contributed by atoms with Gasteiger partial charge in [-0.3, -0.25) is 9.89 Å². The van der Waals surface area contributed by atoms with Gasteiger partial charge in [-0.1, -0.05) is 42.0 Å². The van der Waals surface area contributed by atoms with Gasteiger partial charge in [0.25, 0.3) is 5.91 Å². The third kappa shape index (κ3) is 3.93. The maximum Gasteiger partial charge on any atom is 0.416 e. The number of hydrogen-bond donors (Lipinski definition) is 2. The number of carbonyl (C=O) groups is 1. The molecule has 0 aliphatic carbocycles. The summed E-state index contributed by atoms with van der Waals surface area (Å²) in [5, 5.41) is 9.33. The molecule has 134 valence electrons. The first-order valence-corrected chi connectivity index (χ1v) is 7.89. The van der Waals surface area contributed by atoms with Gasteiger partial charge in [0.1, 0.15) is 0 Å². The van der Waals surface area contributed by atoms with Gasteiger partial charge in [0.05, 0.1) is 23.0 Å². The third-order valence-electron chi connectivity index (χ3n) is 3.93. The van der Waals surface area contributed by atoms with Gasteiger partial charge in [-0.05, 0) is 24.6 Å². The molecule has 1 aromatic heterocycles. The monoisotopic (exact) mass is 359 g/mol. The van der Waals surface area contributed by atoms with Gasteiger partial charge in [-0.15, -0.1) is 0 Å². The maximum atomic E-state index is 12.8. The number of nitrogens with one attached hydrogen (secondary N) is 2. The fraction of sp³-hybridized carbons (Fsp3) is 0.158. The van der Waals surface area contributed by atoms with Crippen LogP contribution < -0.4 is 5.32 Å². The van der Waals surface area contributed by atoms with Crippen LogP contribution in [0.2, 0.25) is 0 Å². The summed E-state index contributed by atoms with van der Waals surface area (Å²) in [7, 11) is 0. The zero-order valence-corrected chi connectivity index (χ0v) is 13.9. The Morgan fingerprint density at radius 3 is 2.58 bits per heavy atom. The topological polar surface area (TPSA) is 57.8 Å². The van der Waals surface area contributed by atoms with Crippen LogP contribution in [0, 0.1) is 6.92 Å². The summed E-state index contributed by atoms with van der Waals surface area (Å²) in [6, 6.07) is 12.4. The van der Waals surface area contributed by atoms with Crippen molar-refractivity contribution in [3.8, 4) is 11.3 Å². The van der Waals surface area contributed by atoms with Crippen molar-refractivity contribution in [3.63, 3.8) is 0 Å². The number of hydrogen-bond acceptors (Lipinski definition) is 2. The van der Waals surface area contributed by atoms with Crippen LogP contribution in [-0.4, -0.2) is 16.1 Å². The fourth-order valence-corrected chi connectivity index (χ4v) is 2.53. The van der Waals surface area contributed by atoms with Crippen LogP contribution in [0.25, 0.3) is 11.3 Å². The quantitative estimate of drug-likeness (QED) is 0.728. The second kappa shape index (κ2) is 7.03. The molecule has 1 heterocycles. The van der Waals surface area contributed by atoms with E-state index in [0.717, 1.165) is 23.3 Å². The van der Waals surface area contributed by atoms with Crippen LogP contribution in [-0.2, 0) is 12.7 Å². The third-order valence-corrected chi connectivity index (χ3v) is 3.93. The Morgan fingerprint density at radius 2 is 1.88 bits per heavy atom. The highest BCUT2D eigenvalue weighted by Gasteiger charge is 2.30. The van der Waals surface area contributed by atoms with Gasteiger partial charge in [-0.2, -0.15) is 18.3 Å². The van der Waals surface area contributed by atoms with Crippen LogP contribution in [0.4, 0.5) is 13.2 Å². The standard InChI is InChI=1S/C19H16F3N3O/c1-12-5-7-14(8-6-12)17-16(11-24-25-17)18(26)23-10-13-3-2-4-15(9-13)19(20,21)22/h2-9,11H,10H2,1H3,(H,23,26)(H,24,25). The molecule has 0 aliphatic rings. The normalized spacial score (nSPS) is 11.4. The Hall–Kier alpha value is -3.09. The molecule has 2 N–H and O–H groups in total. The molecule has 3 rings (SSSR count). The van der Waals surface area contributed by atoms with Crippen LogP contribution in [0.1, 0.15) is 27.0 Å². The number of aromatic amines is 1. The highest BCUT2D eigenvalue weighted by molar-refractivity contribution is 5.99. The molecule has 0 bridgehead atoms. The minimum Gasteiger partial charge on any atom is -0.348 e. The Balaban J connectivity index is 1.74. The Kier molecular flexibility index (Phi) is 4.79. The Labute approximate surface area is 148 Å². The molecule has 1 amide bonds. The minimum atomic E-state index is -4.41. The number of halogens is 3. The highest BCUT2D eigenvalue weighted by atomic mass is 19.4. The minimum absolute atomic E-state index is 0.0126. The lowest BCUT2D eigenvalue weighted by atomic mass is 10.1. The molecule has 3 aromatic rings. The van der Waals surface area contributed by atoms with Crippen LogP contribution in [0.15, 0.2) is 54.7 Å². The summed E-state index contributed by atoms with van der Waals surface area (Å²) in [5.41, 5.74) is 2.41. The van der Waals surface area contributed by atoms with Crippen molar-refractivity contribution >= 4 is 5.91 Å². The SMILES string of the molecule is Cc1ccc(-c2[nH]ncc2C(=O)NCc2cccc(C(F)(F)F)c2)cc1. The van der Waals surface area contributed by atoms with Crippen LogP contribution >= 0.6 is 0 Å². The van der Waals surface area contributed by atoms with Gasteiger partial charge in [0, 0.05) is 12.1 Å². The Morgan fingerprint density at radius 1 is 1.15 bits per heavy atom. The van der Waals surface area contributed by atoms with Gasteiger partial charge in [0.2, 0.25) is 0 Å². The van der Waals surface area contributed by atoms with E-state index in [1.165, 1.54) is 18.3 Å². The van der Waals surface area contributed by atoms with Crippen molar-refractivity contribution in [1.82, 2.24) is 15.5 Å². The molecule has 0 unspecified atom stereocenters. The predicted molar refractivity (Wildman–Crippen MR) is 91.4 cm³/mol. The zero-order chi connectivity index (χ0) is 18.7. The van der Waals surface area contributed by atoms with E-state index in [-0.39, 0.29) is 6.54 Å².